The van der Waals surface area contributed by atoms with Crippen LogP contribution >= 0.6 is 23.2 Å². The predicted octanol–water partition coefficient (Wildman–Crippen LogP) is 3.42. The molecule has 1 aliphatic rings. The van der Waals surface area contributed by atoms with Crippen molar-refractivity contribution >= 4 is 35.2 Å². The second-order valence-corrected chi connectivity index (χ2v) is 4.76. The monoisotopic (exact) mass is 272 g/mol. The number of halogens is 2. The Bertz CT molecular complexity index is 509. The second kappa shape index (κ2) is 4.59. The summed E-state index contributed by atoms with van der Waals surface area (Å²) in [6.45, 7) is 1.81. The number of cyclic esters (lactones) is 1. The molecule has 0 radical (unpaired) electrons. The van der Waals surface area contributed by atoms with Crippen LogP contribution in [-0.4, -0.2) is 17.2 Å². The highest BCUT2D eigenvalue weighted by Crippen LogP contribution is 2.34. The van der Waals surface area contributed by atoms with Crippen LogP contribution in [0.2, 0.25) is 10.0 Å². The van der Waals surface area contributed by atoms with Crippen molar-refractivity contribution < 1.29 is 14.6 Å². The third-order valence-corrected chi connectivity index (χ3v) is 2.97. The van der Waals surface area contributed by atoms with Gasteiger partial charge in [-0.05, 0) is 25.1 Å². The Hall–Kier alpha value is -1.19. The Morgan fingerprint density at radius 2 is 2.18 bits per heavy atom. The molecule has 1 fully saturated rings. The fraction of sp³-hybridized carbons (Fsp3) is 0.250. The minimum Gasteiger partial charge on any atom is -0.506 e. The molecule has 0 amide bonds. The molecule has 0 bridgehead atoms. The van der Waals surface area contributed by atoms with Crippen LogP contribution < -0.4 is 0 Å². The topological polar surface area (TPSA) is 46.5 Å². The third-order valence-electron chi connectivity index (χ3n) is 2.47. The number of phenolic OH excluding ortho intramolecular Hbond substituents is 1. The zero-order valence-corrected chi connectivity index (χ0v) is 10.5. The van der Waals surface area contributed by atoms with Crippen LogP contribution in [0.1, 0.15) is 18.9 Å². The summed E-state index contributed by atoms with van der Waals surface area (Å²) in [5.41, 5.74) is 0.926. The number of aromatic hydroxyl groups is 1. The highest BCUT2D eigenvalue weighted by Gasteiger charge is 2.25. The van der Waals surface area contributed by atoms with Gasteiger partial charge >= 0.3 is 5.97 Å². The van der Waals surface area contributed by atoms with Gasteiger partial charge in [0.25, 0.3) is 0 Å². The van der Waals surface area contributed by atoms with Crippen LogP contribution in [-0.2, 0) is 9.53 Å². The Morgan fingerprint density at radius 3 is 2.76 bits per heavy atom. The fourth-order valence-corrected chi connectivity index (χ4v) is 2.20. The van der Waals surface area contributed by atoms with E-state index in [1.807, 2.05) is 6.92 Å². The molecule has 2 rings (SSSR count). The van der Waals surface area contributed by atoms with Gasteiger partial charge in [0.15, 0.2) is 0 Å². The molecule has 1 N–H and O–H groups in total. The SMILES string of the molecule is CC1C/C(=C/c2cc(Cl)cc(Cl)c2O)C(=O)O1. The van der Waals surface area contributed by atoms with Crippen molar-refractivity contribution in [1.29, 1.82) is 0 Å². The van der Waals surface area contributed by atoms with Gasteiger partial charge in [0.05, 0.1) is 5.02 Å². The summed E-state index contributed by atoms with van der Waals surface area (Å²) >= 11 is 11.6. The summed E-state index contributed by atoms with van der Waals surface area (Å²) < 4.78 is 4.99. The summed E-state index contributed by atoms with van der Waals surface area (Å²) in [5.74, 6) is -0.455. The van der Waals surface area contributed by atoms with Crippen LogP contribution in [0, 0.1) is 0 Å². The summed E-state index contributed by atoms with van der Waals surface area (Å²) in [4.78, 5) is 11.4. The molecule has 0 aliphatic carbocycles. The Labute approximate surface area is 109 Å². The summed E-state index contributed by atoms with van der Waals surface area (Å²) in [6, 6.07) is 2.99. The van der Waals surface area contributed by atoms with E-state index in [2.05, 4.69) is 0 Å². The first kappa shape index (κ1) is 12.3. The van der Waals surface area contributed by atoms with Gasteiger partial charge in [-0.1, -0.05) is 23.2 Å². The number of hydrogen-bond donors (Lipinski definition) is 1. The lowest BCUT2D eigenvalue weighted by Crippen LogP contribution is -1.99. The largest absolute Gasteiger partial charge is 0.506 e. The Morgan fingerprint density at radius 1 is 1.47 bits per heavy atom. The summed E-state index contributed by atoms with van der Waals surface area (Å²) in [6.07, 6.45) is 1.94. The van der Waals surface area contributed by atoms with Crippen LogP contribution in [0.15, 0.2) is 17.7 Å². The van der Waals surface area contributed by atoms with Gasteiger partial charge in [0, 0.05) is 22.6 Å². The van der Waals surface area contributed by atoms with Gasteiger partial charge in [-0.15, -0.1) is 0 Å². The molecule has 0 spiro atoms. The molecule has 17 heavy (non-hydrogen) atoms. The fourth-order valence-electron chi connectivity index (χ4n) is 1.69. The summed E-state index contributed by atoms with van der Waals surface area (Å²) in [5, 5.41) is 10.3. The molecule has 90 valence electrons. The van der Waals surface area contributed by atoms with E-state index in [0.29, 0.717) is 22.6 Å². The quantitative estimate of drug-likeness (QED) is 0.630. The van der Waals surface area contributed by atoms with Crippen molar-refractivity contribution in [2.75, 3.05) is 0 Å². The van der Waals surface area contributed by atoms with Crippen molar-refractivity contribution in [2.24, 2.45) is 0 Å². The lowest BCUT2D eigenvalue weighted by atomic mass is 10.1. The number of esters is 1. The lowest BCUT2D eigenvalue weighted by Gasteiger charge is -2.03. The van der Waals surface area contributed by atoms with Crippen molar-refractivity contribution in [1.82, 2.24) is 0 Å². The molecule has 1 saturated heterocycles. The highest BCUT2D eigenvalue weighted by atomic mass is 35.5. The zero-order valence-electron chi connectivity index (χ0n) is 9.04. The van der Waals surface area contributed by atoms with Gasteiger partial charge in [-0.2, -0.15) is 0 Å². The molecular formula is C12H10Cl2O3. The normalized spacial score (nSPS) is 21.9. The molecule has 1 aromatic rings. The number of ether oxygens (including phenoxy) is 1. The first-order valence-corrected chi connectivity index (χ1v) is 5.82. The average Bonchev–Trinajstić information content (AvgIpc) is 2.53. The average molecular weight is 273 g/mol. The van der Waals surface area contributed by atoms with Gasteiger partial charge in [0.1, 0.15) is 11.9 Å². The second-order valence-electron chi connectivity index (χ2n) is 3.92. The van der Waals surface area contributed by atoms with Crippen LogP contribution in [0.4, 0.5) is 0 Å². The van der Waals surface area contributed by atoms with E-state index in [1.54, 1.807) is 12.1 Å². The van der Waals surface area contributed by atoms with Crippen molar-refractivity contribution in [3.8, 4) is 5.75 Å². The van der Waals surface area contributed by atoms with Crippen molar-refractivity contribution in [3.05, 3.63) is 33.3 Å². The first-order chi connectivity index (χ1) is 7.97. The maximum Gasteiger partial charge on any atom is 0.334 e. The number of phenols is 1. The minimum absolute atomic E-state index is 0.0871. The van der Waals surface area contributed by atoms with Crippen LogP contribution in [0.5, 0.6) is 5.75 Å². The number of carbonyl (C=O) groups is 1. The smallest absolute Gasteiger partial charge is 0.334 e. The van der Waals surface area contributed by atoms with Gasteiger partial charge in [-0.25, -0.2) is 4.79 Å². The van der Waals surface area contributed by atoms with Crippen LogP contribution in [0.3, 0.4) is 0 Å². The molecule has 5 heteroatoms. The van der Waals surface area contributed by atoms with Crippen LogP contribution in [0.25, 0.3) is 6.08 Å². The molecule has 3 nitrogen and oxygen atoms in total. The van der Waals surface area contributed by atoms with Gasteiger partial charge in [0.2, 0.25) is 0 Å². The Kier molecular flexibility index (Phi) is 3.31. The van der Waals surface area contributed by atoms with Crippen molar-refractivity contribution in [2.45, 2.75) is 19.4 Å². The Balaban J connectivity index is 2.42. The lowest BCUT2D eigenvalue weighted by molar-refractivity contribution is -0.138. The maximum absolute atomic E-state index is 11.4. The van der Waals surface area contributed by atoms with E-state index in [-0.39, 0.29) is 22.8 Å². The zero-order chi connectivity index (χ0) is 12.6. The van der Waals surface area contributed by atoms with E-state index in [9.17, 15) is 9.90 Å². The van der Waals surface area contributed by atoms with E-state index >= 15 is 0 Å². The maximum atomic E-state index is 11.4. The van der Waals surface area contributed by atoms with Crippen molar-refractivity contribution in [3.63, 3.8) is 0 Å². The number of rotatable bonds is 1. The third kappa shape index (κ3) is 2.56. The molecule has 0 saturated carbocycles. The first-order valence-electron chi connectivity index (χ1n) is 5.07. The van der Waals surface area contributed by atoms with E-state index in [1.165, 1.54) is 6.07 Å². The molecular weight excluding hydrogens is 263 g/mol. The minimum atomic E-state index is -0.368. The van der Waals surface area contributed by atoms with Gasteiger partial charge in [-0.3, -0.25) is 0 Å². The molecule has 1 unspecified atom stereocenters. The van der Waals surface area contributed by atoms with E-state index < -0.39 is 0 Å². The van der Waals surface area contributed by atoms with E-state index in [4.69, 9.17) is 27.9 Å². The summed E-state index contributed by atoms with van der Waals surface area (Å²) in [7, 11) is 0. The molecule has 1 atom stereocenters. The molecule has 1 aliphatic heterocycles. The molecule has 1 heterocycles. The highest BCUT2D eigenvalue weighted by molar-refractivity contribution is 6.35. The number of benzene rings is 1. The van der Waals surface area contributed by atoms with E-state index in [0.717, 1.165) is 0 Å². The number of hydrogen-bond acceptors (Lipinski definition) is 3. The number of carbonyl (C=O) groups excluding carboxylic acids is 1. The predicted molar refractivity (Wildman–Crippen MR) is 66.3 cm³/mol. The standard InChI is InChI=1S/C12H10Cl2O3/c1-6-2-8(12(16)17-6)3-7-4-9(13)5-10(14)11(7)15/h3-6,15H,2H2,1H3/b8-3-. The molecule has 1 aromatic carbocycles. The molecule has 0 aromatic heterocycles. The van der Waals surface area contributed by atoms with Gasteiger partial charge < -0.3 is 9.84 Å².